The van der Waals surface area contributed by atoms with Crippen molar-refractivity contribution in [2.75, 3.05) is 4.90 Å². The van der Waals surface area contributed by atoms with Gasteiger partial charge < -0.3 is 4.90 Å². The van der Waals surface area contributed by atoms with Crippen LogP contribution in [0.3, 0.4) is 0 Å². The van der Waals surface area contributed by atoms with Crippen molar-refractivity contribution in [1.82, 2.24) is 0 Å². The van der Waals surface area contributed by atoms with E-state index in [1.54, 1.807) is 0 Å². The number of nitriles is 1. The molecule has 0 aliphatic heterocycles. The fraction of sp³-hybridized carbons (Fsp3) is 0.179. The minimum atomic E-state index is -0.00772. The molecule has 0 saturated heterocycles. The lowest BCUT2D eigenvalue weighted by molar-refractivity contribution is 0.227. The zero-order valence-electron chi connectivity index (χ0n) is 24.1. The van der Waals surface area contributed by atoms with E-state index in [1.165, 1.54) is 27.8 Å². The van der Waals surface area contributed by atoms with Gasteiger partial charge in [0.25, 0.3) is 5.70 Å². The van der Waals surface area contributed by atoms with Crippen molar-refractivity contribution >= 4 is 22.6 Å². The van der Waals surface area contributed by atoms with Crippen molar-refractivity contribution in [3.05, 3.63) is 155 Å². The van der Waals surface area contributed by atoms with Gasteiger partial charge in [0.2, 0.25) is 0 Å². The standard InChI is InChI=1S/C39H33N3/c1-39(2)26-31(38(27-40)41-3)24-30-23-29(19-22-37(30)39)35-21-20-34(25-36(35)28-13-7-4-8-14-28)42(32-15-9-5-10-16-32)33-17-11-6-12-18-33/h4-18,20-21,23-25,37H,19,22,26H2,1-2H3. The molecule has 0 radical (unpaired) electrons. The molecule has 204 valence electrons. The van der Waals surface area contributed by atoms with Crippen LogP contribution in [0.4, 0.5) is 17.1 Å². The summed E-state index contributed by atoms with van der Waals surface area (Å²) in [7, 11) is 0. The normalized spacial score (nSPS) is 18.4. The lowest BCUT2D eigenvalue weighted by Crippen LogP contribution is -2.31. The molecule has 3 nitrogen and oxygen atoms in total. The highest BCUT2D eigenvalue weighted by Crippen LogP contribution is 2.51. The van der Waals surface area contributed by atoms with Gasteiger partial charge in [0.1, 0.15) is 0 Å². The topological polar surface area (TPSA) is 31.4 Å². The maximum Gasteiger partial charge on any atom is 0.265 e. The van der Waals surface area contributed by atoms with Crippen LogP contribution in [0.25, 0.3) is 21.5 Å². The minimum Gasteiger partial charge on any atom is -0.310 e. The minimum absolute atomic E-state index is 0.00772. The van der Waals surface area contributed by atoms with E-state index in [0.717, 1.165) is 41.9 Å². The van der Waals surface area contributed by atoms with Gasteiger partial charge in [-0.3, -0.25) is 0 Å². The van der Waals surface area contributed by atoms with Crippen molar-refractivity contribution in [2.45, 2.75) is 33.1 Å². The van der Waals surface area contributed by atoms with E-state index < -0.39 is 0 Å². The maximum absolute atomic E-state index is 9.60. The van der Waals surface area contributed by atoms with Gasteiger partial charge in [-0.05, 0) is 100 Å². The third kappa shape index (κ3) is 5.18. The molecule has 42 heavy (non-hydrogen) atoms. The van der Waals surface area contributed by atoms with Gasteiger partial charge in [-0.2, -0.15) is 0 Å². The van der Waals surface area contributed by atoms with E-state index in [0.29, 0.717) is 5.92 Å². The molecule has 4 aromatic rings. The number of hydrogen-bond donors (Lipinski definition) is 0. The lowest BCUT2D eigenvalue weighted by Gasteiger charge is -2.42. The second kappa shape index (κ2) is 11.4. The van der Waals surface area contributed by atoms with E-state index >= 15 is 0 Å². The molecule has 0 heterocycles. The van der Waals surface area contributed by atoms with E-state index in [2.05, 4.69) is 139 Å². The largest absolute Gasteiger partial charge is 0.310 e. The van der Waals surface area contributed by atoms with Crippen LogP contribution in [-0.2, 0) is 0 Å². The van der Waals surface area contributed by atoms with Crippen LogP contribution in [0, 0.1) is 29.2 Å². The van der Waals surface area contributed by atoms with Crippen LogP contribution in [0.5, 0.6) is 0 Å². The van der Waals surface area contributed by atoms with E-state index in [4.69, 9.17) is 6.57 Å². The molecule has 0 amide bonds. The quantitative estimate of drug-likeness (QED) is 0.185. The zero-order valence-corrected chi connectivity index (χ0v) is 24.1. The molecule has 0 N–H and O–H groups in total. The summed E-state index contributed by atoms with van der Waals surface area (Å²) in [6.45, 7) is 12.1. The summed E-state index contributed by atoms with van der Waals surface area (Å²) in [5, 5.41) is 9.60. The van der Waals surface area contributed by atoms with Crippen molar-refractivity contribution in [2.24, 2.45) is 11.3 Å². The third-order valence-corrected chi connectivity index (χ3v) is 8.62. The average Bonchev–Trinajstić information content (AvgIpc) is 3.03. The summed E-state index contributed by atoms with van der Waals surface area (Å²) in [5.41, 5.74) is 10.5. The van der Waals surface area contributed by atoms with Crippen LogP contribution < -0.4 is 4.90 Å². The number of para-hydroxylation sites is 2. The van der Waals surface area contributed by atoms with Crippen LogP contribution in [0.1, 0.15) is 38.7 Å². The molecular formula is C39H33N3. The smallest absolute Gasteiger partial charge is 0.265 e. The second-order valence-corrected chi connectivity index (χ2v) is 11.8. The molecule has 1 unspecified atom stereocenters. The fourth-order valence-corrected chi connectivity index (χ4v) is 6.63. The molecule has 0 aromatic heterocycles. The van der Waals surface area contributed by atoms with E-state index in [9.17, 15) is 5.26 Å². The van der Waals surface area contributed by atoms with Crippen LogP contribution >= 0.6 is 0 Å². The monoisotopic (exact) mass is 543 g/mol. The maximum atomic E-state index is 9.60. The summed E-state index contributed by atoms with van der Waals surface area (Å²) in [5.74, 6) is 0.404. The highest BCUT2D eigenvalue weighted by atomic mass is 15.1. The Hall–Kier alpha value is -5.12. The number of allylic oxidation sites excluding steroid dienone is 6. The Bertz CT molecular complexity index is 1720. The van der Waals surface area contributed by atoms with Gasteiger partial charge in [0.15, 0.2) is 0 Å². The van der Waals surface area contributed by atoms with Gasteiger partial charge in [0.05, 0.1) is 12.6 Å². The molecule has 2 aliphatic rings. The molecule has 0 spiro atoms. The summed E-state index contributed by atoms with van der Waals surface area (Å²) in [6.07, 6.45) is 7.25. The average molecular weight is 544 g/mol. The Kier molecular flexibility index (Phi) is 7.35. The van der Waals surface area contributed by atoms with E-state index in [-0.39, 0.29) is 11.1 Å². The lowest BCUT2D eigenvalue weighted by atomic mass is 9.62. The molecule has 3 heteroatoms. The highest BCUT2D eigenvalue weighted by molar-refractivity contribution is 5.88. The third-order valence-electron chi connectivity index (χ3n) is 8.62. The Balaban J connectivity index is 1.51. The number of benzene rings is 4. The van der Waals surface area contributed by atoms with Crippen LogP contribution in [0.2, 0.25) is 0 Å². The number of fused-ring (bicyclic) bond motifs is 1. The van der Waals surface area contributed by atoms with Crippen molar-refractivity contribution in [3.63, 3.8) is 0 Å². The molecule has 2 aliphatic carbocycles. The second-order valence-electron chi connectivity index (χ2n) is 11.8. The van der Waals surface area contributed by atoms with Crippen molar-refractivity contribution in [1.29, 1.82) is 5.26 Å². The SMILES string of the molecule is [C-]#[N+]C(C#N)=C1C=C2C=C(c3ccc(N(c4ccccc4)c4ccccc4)cc3-c3ccccc3)CCC2C(C)(C)C1. The summed E-state index contributed by atoms with van der Waals surface area (Å²) >= 11 is 0. The first kappa shape index (κ1) is 27.1. The summed E-state index contributed by atoms with van der Waals surface area (Å²) < 4.78 is 0. The summed E-state index contributed by atoms with van der Waals surface area (Å²) in [6, 6.07) is 40.6. The van der Waals surface area contributed by atoms with E-state index in [1.807, 2.05) is 12.1 Å². The molecule has 0 fully saturated rings. The van der Waals surface area contributed by atoms with Gasteiger partial charge in [-0.1, -0.05) is 98.8 Å². The van der Waals surface area contributed by atoms with Gasteiger partial charge in [-0.15, -0.1) is 0 Å². The first-order valence-electron chi connectivity index (χ1n) is 14.5. The van der Waals surface area contributed by atoms with Gasteiger partial charge in [0, 0.05) is 17.1 Å². The Morgan fingerprint density at radius 1 is 0.810 bits per heavy atom. The number of hydrogen-bond acceptors (Lipinski definition) is 2. The first-order valence-corrected chi connectivity index (χ1v) is 14.5. The van der Waals surface area contributed by atoms with Crippen molar-refractivity contribution in [3.8, 4) is 17.2 Å². The molecular weight excluding hydrogens is 510 g/mol. The molecule has 6 rings (SSSR count). The fourth-order valence-electron chi connectivity index (χ4n) is 6.63. The zero-order chi connectivity index (χ0) is 29.1. The Labute approximate surface area is 249 Å². The number of rotatable bonds is 5. The molecule has 1 atom stereocenters. The predicted molar refractivity (Wildman–Crippen MR) is 173 cm³/mol. The highest BCUT2D eigenvalue weighted by Gasteiger charge is 2.38. The number of nitrogens with zero attached hydrogens (tertiary/aromatic N) is 3. The van der Waals surface area contributed by atoms with Crippen LogP contribution in [0.15, 0.2) is 138 Å². The molecule has 4 aromatic carbocycles. The number of anilines is 3. The molecule has 0 bridgehead atoms. The van der Waals surface area contributed by atoms with Crippen molar-refractivity contribution < 1.29 is 0 Å². The molecule has 0 saturated carbocycles. The van der Waals surface area contributed by atoms with Gasteiger partial charge >= 0.3 is 0 Å². The Morgan fingerprint density at radius 3 is 2.02 bits per heavy atom. The predicted octanol–water partition coefficient (Wildman–Crippen LogP) is 10.7. The Morgan fingerprint density at radius 2 is 1.43 bits per heavy atom. The van der Waals surface area contributed by atoms with Gasteiger partial charge in [-0.25, -0.2) is 10.1 Å². The summed E-state index contributed by atoms with van der Waals surface area (Å²) in [4.78, 5) is 5.84. The first-order chi connectivity index (χ1) is 20.5. The van der Waals surface area contributed by atoms with Crippen LogP contribution in [-0.4, -0.2) is 0 Å².